The van der Waals surface area contributed by atoms with Crippen molar-refractivity contribution in [3.05, 3.63) is 0 Å². The third-order valence-electron chi connectivity index (χ3n) is 1.21. The molecule has 0 aliphatic rings. The quantitative estimate of drug-likeness (QED) is 0.608. The van der Waals surface area contributed by atoms with Gasteiger partial charge in [0.2, 0.25) is 0 Å². The molecule has 64 valence electrons. The van der Waals surface area contributed by atoms with Crippen LogP contribution in [0.15, 0.2) is 0 Å². The summed E-state index contributed by atoms with van der Waals surface area (Å²) < 4.78 is 10.7. The van der Waals surface area contributed by atoms with Crippen LogP contribution in [0.1, 0.15) is 13.3 Å². The second-order valence-corrected chi connectivity index (χ2v) is 3.98. The van der Waals surface area contributed by atoms with E-state index in [1.807, 2.05) is 13.0 Å². The van der Waals surface area contributed by atoms with Crippen LogP contribution in [-0.2, 0) is 10.8 Å². The number of hydrogen-bond donors (Lipinski definition) is 1. The van der Waals surface area contributed by atoms with E-state index >= 15 is 0 Å². The van der Waals surface area contributed by atoms with Gasteiger partial charge in [0.15, 0.2) is 0 Å². The van der Waals surface area contributed by atoms with Crippen LogP contribution in [0.2, 0.25) is 0 Å². The van der Waals surface area contributed by atoms with Crippen LogP contribution in [-0.4, -0.2) is 28.8 Å². The largest absolute Gasteiger partial charge is 0.312 e. The van der Waals surface area contributed by atoms with Crippen LogP contribution in [0.3, 0.4) is 0 Å². The van der Waals surface area contributed by atoms with E-state index in [0.717, 1.165) is 0 Å². The van der Waals surface area contributed by atoms with Crippen LogP contribution < -0.4 is 5.32 Å². The third-order valence-corrected chi connectivity index (χ3v) is 2.18. The highest BCUT2D eigenvalue weighted by Gasteiger charge is 2.01. The average molecular weight is 174 g/mol. The number of hydrogen-bond acceptors (Lipinski definition) is 3. The highest BCUT2D eigenvalue weighted by molar-refractivity contribution is 7.84. The molecule has 0 heterocycles. The lowest BCUT2D eigenvalue weighted by atomic mass is 10.3. The third kappa shape index (κ3) is 7.50. The van der Waals surface area contributed by atoms with E-state index in [9.17, 15) is 4.21 Å². The molecule has 11 heavy (non-hydrogen) atoms. The van der Waals surface area contributed by atoms with E-state index in [1.54, 1.807) is 6.26 Å². The van der Waals surface area contributed by atoms with Gasteiger partial charge >= 0.3 is 0 Å². The predicted octanol–water partition coefficient (Wildman–Crippen LogP) is 0.257. The monoisotopic (exact) mass is 174 g/mol. The molecule has 1 N–H and O–H groups in total. The molecule has 3 nitrogen and oxygen atoms in total. The maximum absolute atomic E-state index is 10.7. The normalized spacial score (nSPS) is 15.4. The van der Waals surface area contributed by atoms with Crippen molar-refractivity contribution in [3.8, 4) is 6.07 Å². The Morgan fingerprint density at radius 1 is 1.73 bits per heavy atom. The summed E-state index contributed by atoms with van der Waals surface area (Å²) >= 11 is 0. The fourth-order valence-corrected chi connectivity index (χ4v) is 1.61. The molecular formula is C7H14N2OS. The summed E-state index contributed by atoms with van der Waals surface area (Å²) in [6.07, 6.45) is 2.20. The van der Waals surface area contributed by atoms with Crippen LogP contribution >= 0.6 is 0 Å². The molecule has 0 rings (SSSR count). The molecular weight excluding hydrogens is 160 g/mol. The molecule has 0 aliphatic carbocycles. The Morgan fingerprint density at radius 3 is 2.82 bits per heavy atom. The molecule has 0 saturated heterocycles. The lowest BCUT2D eigenvalue weighted by molar-refractivity contribution is 0.595. The minimum atomic E-state index is -0.746. The van der Waals surface area contributed by atoms with Crippen LogP contribution in [0, 0.1) is 11.3 Å². The topological polar surface area (TPSA) is 52.9 Å². The van der Waals surface area contributed by atoms with Crippen LogP contribution in [0.25, 0.3) is 0 Å². The zero-order valence-corrected chi connectivity index (χ0v) is 7.78. The van der Waals surface area contributed by atoms with E-state index < -0.39 is 10.8 Å². The number of nitrogens with one attached hydrogen (secondary N) is 1. The molecule has 0 aromatic rings. The predicted molar refractivity (Wildman–Crippen MR) is 46.6 cm³/mol. The van der Waals surface area contributed by atoms with Gasteiger partial charge in [0, 0.05) is 41.8 Å². The van der Waals surface area contributed by atoms with Crippen molar-refractivity contribution in [2.45, 2.75) is 19.4 Å². The first-order valence-electron chi connectivity index (χ1n) is 3.57. The minimum absolute atomic E-state index is 0.245. The van der Waals surface area contributed by atoms with Gasteiger partial charge in [-0.1, -0.05) is 0 Å². The van der Waals surface area contributed by atoms with Gasteiger partial charge in [0.1, 0.15) is 0 Å². The molecule has 2 atom stereocenters. The summed E-state index contributed by atoms with van der Waals surface area (Å²) in [7, 11) is -0.746. The maximum atomic E-state index is 10.7. The molecule has 2 unspecified atom stereocenters. The summed E-state index contributed by atoms with van der Waals surface area (Å²) in [5, 5.41) is 11.3. The summed E-state index contributed by atoms with van der Waals surface area (Å²) in [6, 6.07) is 2.28. The first-order chi connectivity index (χ1) is 5.16. The van der Waals surface area contributed by atoms with Crippen LogP contribution in [0.5, 0.6) is 0 Å². The van der Waals surface area contributed by atoms with E-state index in [0.29, 0.717) is 18.7 Å². The van der Waals surface area contributed by atoms with Crippen molar-refractivity contribution in [1.82, 2.24) is 5.32 Å². The lowest BCUT2D eigenvalue weighted by Crippen LogP contribution is -2.31. The van der Waals surface area contributed by atoms with Gasteiger partial charge in [-0.3, -0.25) is 4.21 Å². The SMILES string of the molecule is CC(CS(C)=O)NCCC#N. The van der Waals surface area contributed by atoms with Crippen molar-refractivity contribution in [2.75, 3.05) is 18.6 Å². The number of rotatable bonds is 5. The number of nitriles is 1. The van der Waals surface area contributed by atoms with Gasteiger partial charge in [-0.15, -0.1) is 0 Å². The first-order valence-corrected chi connectivity index (χ1v) is 5.30. The first kappa shape index (κ1) is 10.6. The standard InChI is InChI=1S/C7H14N2OS/c1-7(6-11(2)10)9-5-3-4-8/h7,9H,3,5-6H2,1-2H3. The number of nitrogens with zero attached hydrogens (tertiary/aromatic N) is 1. The second kappa shape index (κ2) is 6.32. The van der Waals surface area contributed by atoms with E-state index in [1.165, 1.54) is 0 Å². The van der Waals surface area contributed by atoms with Crippen molar-refractivity contribution in [1.29, 1.82) is 5.26 Å². The molecule has 0 saturated carbocycles. The van der Waals surface area contributed by atoms with Gasteiger partial charge < -0.3 is 5.32 Å². The Morgan fingerprint density at radius 2 is 2.36 bits per heavy atom. The molecule has 0 radical (unpaired) electrons. The van der Waals surface area contributed by atoms with Crippen molar-refractivity contribution < 1.29 is 4.21 Å². The smallest absolute Gasteiger partial charge is 0.0635 e. The molecule has 0 bridgehead atoms. The van der Waals surface area contributed by atoms with Gasteiger partial charge in [0.25, 0.3) is 0 Å². The van der Waals surface area contributed by atoms with Crippen LogP contribution in [0.4, 0.5) is 0 Å². The lowest BCUT2D eigenvalue weighted by Gasteiger charge is -2.09. The summed E-state index contributed by atoms with van der Waals surface area (Å²) in [5.74, 6) is 0.658. The highest BCUT2D eigenvalue weighted by atomic mass is 32.2. The van der Waals surface area contributed by atoms with E-state index in [2.05, 4.69) is 5.32 Å². The zero-order valence-electron chi connectivity index (χ0n) is 6.96. The fraction of sp³-hybridized carbons (Fsp3) is 0.857. The Hall–Kier alpha value is -0.400. The Balaban J connectivity index is 3.31. The Kier molecular flexibility index (Phi) is 6.09. The minimum Gasteiger partial charge on any atom is -0.312 e. The van der Waals surface area contributed by atoms with Crippen molar-refractivity contribution in [2.24, 2.45) is 0 Å². The zero-order chi connectivity index (χ0) is 8.69. The van der Waals surface area contributed by atoms with Gasteiger partial charge in [-0.2, -0.15) is 5.26 Å². The molecule has 0 aliphatic heterocycles. The molecule has 0 spiro atoms. The Bertz CT molecular complexity index is 164. The molecule has 4 heteroatoms. The summed E-state index contributed by atoms with van der Waals surface area (Å²) in [4.78, 5) is 0. The van der Waals surface area contributed by atoms with Crippen molar-refractivity contribution in [3.63, 3.8) is 0 Å². The average Bonchev–Trinajstić information content (AvgIpc) is 1.86. The van der Waals surface area contributed by atoms with Gasteiger partial charge in [-0.25, -0.2) is 0 Å². The molecule has 0 aromatic heterocycles. The molecule has 0 amide bonds. The molecule has 0 aromatic carbocycles. The highest BCUT2D eigenvalue weighted by Crippen LogP contribution is 1.85. The van der Waals surface area contributed by atoms with Gasteiger partial charge in [-0.05, 0) is 6.92 Å². The molecule has 0 fully saturated rings. The second-order valence-electron chi connectivity index (χ2n) is 2.50. The summed E-state index contributed by atoms with van der Waals surface area (Å²) in [6.45, 7) is 2.66. The van der Waals surface area contributed by atoms with E-state index in [4.69, 9.17) is 5.26 Å². The van der Waals surface area contributed by atoms with E-state index in [-0.39, 0.29) is 6.04 Å². The van der Waals surface area contributed by atoms with Crippen molar-refractivity contribution >= 4 is 10.8 Å². The fourth-order valence-electron chi connectivity index (χ4n) is 0.785. The maximum Gasteiger partial charge on any atom is 0.0635 e. The van der Waals surface area contributed by atoms with Gasteiger partial charge in [0.05, 0.1) is 6.07 Å². The Labute approximate surface area is 70.2 Å². The summed E-state index contributed by atoms with van der Waals surface area (Å²) in [5.41, 5.74) is 0.